The molecule has 2 heterocycles. The van der Waals surface area contributed by atoms with Crippen molar-refractivity contribution in [1.82, 2.24) is 25.1 Å². The lowest BCUT2D eigenvalue weighted by Gasteiger charge is -2.31. The van der Waals surface area contributed by atoms with Crippen molar-refractivity contribution in [2.75, 3.05) is 20.1 Å². The molecule has 2 rings (SSSR count). The zero-order valence-corrected chi connectivity index (χ0v) is 12.8. The third-order valence-corrected chi connectivity index (χ3v) is 4.03. The molecule has 7 heteroatoms. The summed E-state index contributed by atoms with van der Waals surface area (Å²) in [5.74, 6) is 0.384. The van der Waals surface area contributed by atoms with E-state index in [0.717, 1.165) is 31.6 Å². The van der Waals surface area contributed by atoms with Crippen molar-refractivity contribution >= 4 is 11.8 Å². The van der Waals surface area contributed by atoms with Crippen LogP contribution in [0.4, 0.5) is 0 Å². The van der Waals surface area contributed by atoms with Gasteiger partial charge in [0.15, 0.2) is 5.82 Å². The Morgan fingerprint density at radius 3 is 2.62 bits per heavy atom. The van der Waals surface area contributed by atoms with Crippen LogP contribution in [0.3, 0.4) is 0 Å². The topological polar surface area (TPSA) is 79.3 Å². The minimum Gasteiger partial charge on any atom is -0.352 e. The standard InChI is InChI=1S/C14H23N5O2/c1-10(20)19-6-4-11(5-7-19)16-8-12-9-17-13(18(12)3)14(21)15-2/h9,11,16H,4-8H2,1-3H3,(H,15,21). The van der Waals surface area contributed by atoms with Crippen molar-refractivity contribution in [3.8, 4) is 0 Å². The van der Waals surface area contributed by atoms with E-state index in [2.05, 4.69) is 15.6 Å². The second-order valence-electron chi connectivity index (χ2n) is 5.37. The lowest BCUT2D eigenvalue weighted by atomic mass is 10.1. The third-order valence-electron chi connectivity index (χ3n) is 4.03. The Balaban J connectivity index is 1.86. The molecule has 2 amide bonds. The lowest BCUT2D eigenvalue weighted by molar-refractivity contribution is -0.129. The Labute approximate surface area is 124 Å². The maximum Gasteiger partial charge on any atom is 0.287 e. The Kier molecular flexibility index (Phi) is 4.95. The van der Waals surface area contributed by atoms with Crippen LogP contribution in [0.2, 0.25) is 0 Å². The fraction of sp³-hybridized carbons (Fsp3) is 0.643. The summed E-state index contributed by atoms with van der Waals surface area (Å²) in [5, 5.41) is 6.05. The molecule has 7 nitrogen and oxygen atoms in total. The van der Waals surface area contributed by atoms with Gasteiger partial charge in [-0.1, -0.05) is 0 Å². The number of aromatic nitrogens is 2. The number of carbonyl (C=O) groups excluding carboxylic acids is 2. The number of rotatable bonds is 4. The van der Waals surface area contributed by atoms with Gasteiger partial charge in [0.05, 0.1) is 11.9 Å². The van der Waals surface area contributed by atoms with Gasteiger partial charge in [0.2, 0.25) is 5.91 Å². The van der Waals surface area contributed by atoms with Crippen LogP contribution in [0.25, 0.3) is 0 Å². The van der Waals surface area contributed by atoms with E-state index in [0.29, 0.717) is 18.4 Å². The van der Waals surface area contributed by atoms with Crippen LogP contribution in [0, 0.1) is 0 Å². The number of carbonyl (C=O) groups is 2. The summed E-state index contributed by atoms with van der Waals surface area (Å²) >= 11 is 0. The summed E-state index contributed by atoms with van der Waals surface area (Å²) in [6.07, 6.45) is 3.64. The average Bonchev–Trinajstić information content (AvgIpc) is 2.86. The molecule has 1 saturated heterocycles. The van der Waals surface area contributed by atoms with E-state index in [9.17, 15) is 9.59 Å². The largest absolute Gasteiger partial charge is 0.352 e. The average molecular weight is 293 g/mol. The van der Waals surface area contributed by atoms with Gasteiger partial charge in [-0.05, 0) is 12.8 Å². The van der Waals surface area contributed by atoms with Gasteiger partial charge >= 0.3 is 0 Å². The maximum absolute atomic E-state index is 11.6. The maximum atomic E-state index is 11.6. The van der Waals surface area contributed by atoms with E-state index >= 15 is 0 Å². The zero-order chi connectivity index (χ0) is 15.4. The number of nitrogens with zero attached hydrogens (tertiary/aromatic N) is 3. The van der Waals surface area contributed by atoms with Crippen LogP contribution in [-0.4, -0.2) is 52.4 Å². The molecule has 1 aliphatic rings. The summed E-state index contributed by atoms with van der Waals surface area (Å²) in [6.45, 7) is 3.90. The summed E-state index contributed by atoms with van der Waals surface area (Å²) in [6, 6.07) is 0.402. The minimum absolute atomic E-state index is 0.148. The molecule has 1 fully saturated rings. The molecule has 21 heavy (non-hydrogen) atoms. The van der Waals surface area contributed by atoms with Gasteiger partial charge in [0.1, 0.15) is 0 Å². The molecule has 0 saturated carbocycles. The van der Waals surface area contributed by atoms with Crippen LogP contribution in [-0.2, 0) is 18.4 Å². The molecular formula is C14H23N5O2. The molecule has 1 aromatic rings. The molecule has 0 aromatic carbocycles. The Bertz CT molecular complexity index is 517. The second kappa shape index (κ2) is 6.71. The van der Waals surface area contributed by atoms with E-state index in [1.807, 2.05) is 11.9 Å². The summed E-state index contributed by atoms with van der Waals surface area (Å²) < 4.78 is 1.80. The van der Waals surface area contributed by atoms with Crippen molar-refractivity contribution in [2.45, 2.75) is 32.4 Å². The number of nitrogens with one attached hydrogen (secondary N) is 2. The van der Waals surface area contributed by atoms with Crippen LogP contribution in [0.15, 0.2) is 6.20 Å². The van der Waals surface area contributed by atoms with E-state index in [1.165, 1.54) is 0 Å². The smallest absolute Gasteiger partial charge is 0.287 e. The first-order valence-corrected chi connectivity index (χ1v) is 7.24. The molecule has 0 unspecified atom stereocenters. The first-order valence-electron chi connectivity index (χ1n) is 7.24. The number of hydrogen-bond donors (Lipinski definition) is 2. The molecule has 116 valence electrons. The second-order valence-corrected chi connectivity index (χ2v) is 5.37. The van der Waals surface area contributed by atoms with Crippen LogP contribution in [0.5, 0.6) is 0 Å². The molecule has 0 aliphatic carbocycles. The van der Waals surface area contributed by atoms with Crippen molar-refractivity contribution in [1.29, 1.82) is 0 Å². The summed E-state index contributed by atoms with van der Waals surface area (Å²) in [7, 11) is 3.44. The first kappa shape index (κ1) is 15.5. The molecule has 1 aromatic heterocycles. The number of imidazole rings is 1. The molecule has 1 aliphatic heterocycles. The Morgan fingerprint density at radius 2 is 2.05 bits per heavy atom. The highest BCUT2D eigenvalue weighted by molar-refractivity contribution is 5.90. The molecule has 0 radical (unpaired) electrons. The van der Waals surface area contributed by atoms with Gasteiger partial charge in [-0.2, -0.15) is 0 Å². The summed E-state index contributed by atoms with van der Waals surface area (Å²) in [5.41, 5.74) is 0.975. The van der Waals surface area contributed by atoms with Gasteiger partial charge in [0, 0.05) is 46.7 Å². The number of hydrogen-bond acceptors (Lipinski definition) is 4. The van der Waals surface area contributed by atoms with E-state index in [-0.39, 0.29) is 11.8 Å². The highest BCUT2D eigenvalue weighted by Gasteiger charge is 2.21. The monoisotopic (exact) mass is 293 g/mol. The van der Waals surface area contributed by atoms with Crippen molar-refractivity contribution in [2.24, 2.45) is 7.05 Å². The summed E-state index contributed by atoms with van der Waals surface area (Å²) in [4.78, 5) is 28.9. The molecule has 0 spiro atoms. The van der Waals surface area contributed by atoms with Gasteiger partial charge in [0.25, 0.3) is 5.91 Å². The first-order chi connectivity index (χ1) is 10.0. The molecular weight excluding hydrogens is 270 g/mol. The van der Waals surface area contributed by atoms with Crippen molar-refractivity contribution in [3.63, 3.8) is 0 Å². The lowest BCUT2D eigenvalue weighted by Crippen LogP contribution is -2.44. The fourth-order valence-corrected chi connectivity index (χ4v) is 2.58. The van der Waals surface area contributed by atoms with Crippen LogP contribution < -0.4 is 10.6 Å². The van der Waals surface area contributed by atoms with E-state index in [4.69, 9.17) is 0 Å². The number of amides is 2. The normalized spacial score (nSPS) is 16.0. The van der Waals surface area contributed by atoms with E-state index < -0.39 is 0 Å². The Hall–Kier alpha value is -1.89. The molecule has 0 bridgehead atoms. The SMILES string of the molecule is CNC(=O)c1ncc(CNC2CCN(C(C)=O)CC2)n1C. The zero-order valence-electron chi connectivity index (χ0n) is 12.8. The van der Waals surface area contributed by atoms with Gasteiger partial charge in [-0.25, -0.2) is 4.98 Å². The van der Waals surface area contributed by atoms with Crippen molar-refractivity contribution < 1.29 is 9.59 Å². The minimum atomic E-state index is -0.182. The molecule has 2 N–H and O–H groups in total. The van der Waals surface area contributed by atoms with Gasteiger partial charge in [-0.3, -0.25) is 9.59 Å². The Morgan fingerprint density at radius 1 is 1.38 bits per heavy atom. The number of piperidine rings is 1. The van der Waals surface area contributed by atoms with Crippen LogP contribution in [0.1, 0.15) is 36.1 Å². The predicted octanol–water partition coefficient (Wildman–Crippen LogP) is -0.120. The third kappa shape index (κ3) is 3.60. The van der Waals surface area contributed by atoms with E-state index in [1.54, 1.807) is 24.7 Å². The quantitative estimate of drug-likeness (QED) is 0.811. The highest BCUT2D eigenvalue weighted by atomic mass is 16.2. The number of likely N-dealkylation sites (tertiary alicyclic amines) is 1. The van der Waals surface area contributed by atoms with Gasteiger partial charge in [-0.15, -0.1) is 0 Å². The van der Waals surface area contributed by atoms with Crippen LogP contribution >= 0.6 is 0 Å². The fourth-order valence-electron chi connectivity index (χ4n) is 2.58. The van der Waals surface area contributed by atoms with Gasteiger partial charge < -0.3 is 20.1 Å². The predicted molar refractivity (Wildman–Crippen MR) is 78.7 cm³/mol. The molecule has 0 atom stereocenters. The highest BCUT2D eigenvalue weighted by Crippen LogP contribution is 2.11. The van der Waals surface area contributed by atoms with Crippen molar-refractivity contribution in [3.05, 3.63) is 17.7 Å².